The number of benzene rings is 2. The molecule has 0 aliphatic rings. The lowest BCUT2D eigenvalue weighted by Crippen LogP contribution is -2.56. The molecule has 4 aromatic rings. The van der Waals surface area contributed by atoms with Crippen molar-refractivity contribution in [3.8, 4) is 0 Å². The third-order valence-corrected chi connectivity index (χ3v) is 9.23. The lowest BCUT2D eigenvalue weighted by Gasteiger charge is -2.37. The Morgan fingerprint density at radius 1 is 0.704 bits per heavy atom. The molecule has 0 saturated heterocycles. The highest BCUT2D eigenvalue weighted by atomic mass is 16.6. The van der Waals surface area contributed by atoms with Crippen LogP contribution in [0.4, 0.5) is 9.59 Å². The average molecular weight is 738 g/mol. The number of Topliss-reactive ketones (excluding diaryl/α,β-unsaturated/α-hetero) is 2. The number of amides is 2. The molecule has 5 N–H and O–H groups in total. The highest BCUT2D eigenvalue weighted by Gasteiger charge is 2.46. The van der Waals surface area contributed by atoms with E-state index in [1.165, 1.54) is 0 Å². The molecular formula is C42H51N5O7. The van der Waals surface area contributed by atoms with Crippen molar-refractivity contribution in [1.29, 1.82) is 0 Å². The van der Waals surface area contributed by atoms with Crippen molar-refractivity contribution in [2.45, 2.75) is 78.5 Å². The van der Waals surface area contributed by atoms with Gasteiger partial charge in [0.05, 0.1) is 41.4 Å². The molecule has 2 aromatic heterocycles. The second kappa shape index (κ2) is 20.1. The summed E-state index contributed by atoms with van der Waals surface area (Å²) in [5, 5.41) is 17.9. The van der Waals surface area contributed by atoms with E-state index in [0.29, 0.717) is 17.0 Å². The van der Waals surface area contributed by atoms with Crippen LogP contribution in [-0.4, -0.2) is 57.0 Å². The Hall–Kier alpha value is -5.46. The van der Waals surface area contributed by atoms with Crippen LogP contribution < -0.4 is 16.4 Å². The van der Waals surface area contributed by atoms with Crippen molar-refractivity contribution in [3.63, 3.8) is 0 Å². The van der Waals surface area contributed by atoms with Gasteiger partial charge in [0.15, 0.2) is 11.6 Å². The number of aliphatic hydroxyl groups is 1. The Kier molecular flexibility index (Phi) is 15.4. The van der Waals surface area contributed by atoms with Crippen LogP contribution in [0.25, 0.3) is 0 Å². The molecule has 2 heterocycles. The molecule has 12 heteroatoms. The Bertz CT molecular complexity index is 1810. The highest BCUT2D eigenvalue weighted by Crippen LogP contribution is 2.33. The average Bonchev–Trinajstić information content (AvgIpc) is 3.17. The molecule has 0 fully saturated rings. The van der Waals surface area contributed by atoms with Crippen LogP contribution >= 0.6 is 0 Å². The van der Waals surface area contributed by atoms with Crippen LogP contribution in [0.15, 0.2) is 103 Å². The summed E-state index contributed by atoms with van der Waals surface area (Å²) in [5.74, 6) is -4.56. The molecule has 2 aromatic carbocycles. The van der Waals surface area contributed by atoms with Crippen LogP contribution in [0, 0.1) is 30.6 Å². The van der Waals surface area contributed by atoms with E-state index in [-0.39, 0.29) is 19.6 Å². The van der Waals surface area contributed by atoms with E-state index in [1.54, 1.807) is 107 Å². The summed E-state index contributed by atoms with van der Waals surface area (Å²) in [5.41, 5.74) is 10.1. The molecule has 0 radical (unpaired) electrons. The van der Waals surface area contributed by atoms with Gasteiger partial charge in [-0.25, -0.2) is 9.59 Å². The molecule has 0 spiro atoms. The molecule has 286 valence electrons. The fourth-order valence-electron chi connectivity index (χ4n) is 6.33. The summed E-state index contributed by atoms with van der Waals surface area (Å²) >= 11 is 0. The molecule has 0 bridgehead atoms. The van der Waals surface area contributed by atoms with Gasteiger partial charge in [-0.2, -0.15) is 0 Å². The molecule has 12 nitrogen and oxygen atoms in total. The smallest absolute Gasteiger partial charge is 0.408 e. The monoisotopic (exact) mass is 737 g/mol. The number of rotatable bonds is 18. The summed E-state index contributed by atoms with van der Waals surface area (Å²) in [7, 11) is 0. The molecule has 0 aliphatic carbocycles. The second-order valence-corrected chi connectivity index (χ2v) is 14.1. The van der Waals surface area contributed by atoms with Crippen LogP contribution in [0.2, 0.25) is 0 Å². The molecule has 0 aliphatic heterocycles. The number of nitrogens with zero attached hydrogens (tertiary/aromatic N) is 2. The molecule has 4 rings (SSSR count). The Balaban J connectivity index is 1.69. The van der Waals surface area contributed by atoms with Gasteiger partial charge in [0.25, 0.3) is 0 Å². The van der Waals surface area contributed by atoms with Gasteiger partial charge in [-0.1, -0.05) is 100.0 Å². The highest BCUT2D eigenvalue weighted by molar-refractivity contribution is 5.93. The number of alkyl carbamates (subject to hydrolysis) is 2. The zero-order valence-electron chi connectivity index (χ0n) is 31.4. The largest absolute Gasteiger partial charge is 0.443 e. The maximum Gasteiger partial charge on any atom is 0.408 e. The molecule has 1 unspecified atom stereocenters. The van der Waals surface area contributed by atoms with Gasteiger partial charge in [-0.3, -0.25) is 19.6 Å². The number of aromatic nitrogens is 2. The van der Waals surface area contributed by atoms with Crippen molar-refractivity contribution in [2.75, 3.05) is 0 Å². The van der Waals surface area contributed by atoms with Gasteiger partial charge < -0.3 is 30.9 Å². The molecule has 54 heavy (non-hydrogen) atoms. The molecule has 2 amide bonds. The van der Waals surface area contributed by atoms with Gasteiger partial charge >= 0.3 is 12.2 Å². The topological polar surface area (TPSA) is 183 Å². The van der Waals surface area contributed by atoms with Gasteiger partial charge in [-0.15, -0.1) is 0 Å². The number of aryl methyl sites for hydroxylation is 1. The van der Waals surface area contributed by atoms with E-state index in [0.717, 1.165) is 11.1 Å². The van der Waals surface area contributed by atoms with Crippen molar-refractivity contribution < 1.29 is 33.8 Å². The number of aliphatic hydroxyl groups excluding tert-OH is 1. The fourth-order valence-corrected chi connectivity index (χ4v) is 6.33. The van der Waals surface area contributed by atoms with E-state index < -0.39 is 71.7 Å². The maximum absolute atomic E-state index is 14.8. The minimum Gasteiger partial charge on any atom is -0.443 e. The van der Waals surface area contributed by atoms with Gasteiger partial charge in [-0.05, 0) is 60.6 Å². The Morgan fingerprint density at radius 3 is 1.70 bits per heavy atom. The first-order valence-corrected chi connectivity index (χ1v) is 18.1. The lowest BCUT2D eigenvalue weighted by atomic mass is 9.72. The van der Waals surface area contributed by atoms with E-state index in [4.69, 9.17) is 15.2 Å². The van der Waals surface area contributed by atoms with Gasteiger partial charge in [0.2, 0.25) is 0 Å². The van der Waals surface area contributed by atoms with Crippen LogP contribution in [0.5, 0.6) is 0 Å². The number of carbonyl (C=O) groups is 4. The number of hydrogen-bond donors (Lipinski definition) is 4. The Morgan fingerprint density at radius 2 is 1.22 bits per heavy atom. The van der Waals surface area contributed by atoms with E-state index in [2.05, 4.69) is 20.6 Å². The minimum absolute atomic E-state index is 0.0345. The van der Waals surface area contributed by atoms with Gasteiger partial charge in [0, 0.05) is 18.4 Å². The lowest BCUT2D eigenvalue weighted by molar-refractivity contribution is -0.137. The summed E-state index contributed by atoms with van der Waals surface area (Å²) in [6, 6.07) is 23.4. The third kappa shape index (κ3) is 11.8. The summed E-state index contributed by atoms with van der Waals surface area (Å²) in [4.78, 5) is 64.0. The zero-order chi connectivity index (χ0) is 39.2. The number of pyridine rings is 2. The first-order chi connectivity index (χ1) is 25.8. The summed E-state index contributed by atoms with van der Waals surface area (Å²) < 4.78 is 10.8. The minimum atomic E-state index is -1.65. The van der Waals surface area contributed by atoms with Crippen molar-refractivity contribution in [3.05, 3.63) is 131 Å². The van der Waals surface area contributed by atoms with Crippen LogP contribution in [0.3, 0.4) is 0 Å². The Labute approximate surface area is 316 Å². The quantitative estimate of drug-likeness (QED) is 0.0994. The number of nitrogens with two attached hydrogens (primary N) is 1. The van der Waals surface area contributed by atoms with Crippen molar-refractivity contribution in [2.24, 2.45) is 29.4 Å². The predicted octanol–water partition coefficient (Wildman–Crippen LogP) is 5.66. The number of carbonyl (C=O) groups excluding carboxylic acids is 4. The standard InChI is InChI=1S/C42H51N5O7/c1-26(2)36(46-41(51)53-24-31-18-9-11-20-44-31)39(49)33(23-29-15-13-14-28(5)22-29)38(48)34(35(43)30-16-7-6-8-17-30)40(50)37(27(3)4)47-42(52)54-25-32-19-10-12-21-45-32/h6-22,26-27,33-38,48H,23-25,43H2,1-5H3,(H,46,51)(H,47,52)/t33-,34-,35?,36-,37-,38+/m0/s1. The van der Waals surface area contributed by atoms with Crippen molar-refractivity contribution >= 4 is 23.8 Å². The van der Waals surface area contributed by atoms with Crippen LogP contribution in [-0.2, 0) is 38.7 Å². The first kappa shape index (κ1) is 41.3. The zero-order valence-corrected chi connectivity index (χ0v) is 31.4. The van der Waals surface area contributed by atoms with E-state index in [9.17, 15) is 24.3 Å². The van der Waals surface area contributed by atoms with Crippen LogP contribution in [0.1, 0.15) is 61.8 Å². The predicted molar refractivity (Wildman–Crippen MR) is 204 cm³/mol. The maximum atomic E-state index is 14.8. The number of ether oxygens (including phenoxy) is 2. The number of hydrogen-bond acceptors (Lipinski definition) is 10. The molecular weight excluding hydrogens is 686 g/mol. The SMILES string of the molecule is Cc1cccc(C[C@H](C(=O)[C@@H](NC(=O)OCc2ccccn2)C(C)C)[C@@H](O)[C@@H](C(=O)[C@@H](NC(=O)OCc2ccccn2)C(C)C)C(N)c2ccccc2)c1. The second-order valence-electron chi connectivity index (χ2n) is 14.1. The molecule has 6 atom stereocenters. The third-order valence-electron chi connectivity index (χ3n) is 9.23. The number of ketones is 2. The van der Waals surface area contributed by atoms with E-state index in [1.807, 2.05) is 31.2 Å². The van der Waals surface area contributed by atoms with Gasteiger partial charge in [0.1, 0.15) is 13.2 Å². The number of nitrogens with one attached hydrogen (secondary N) is 2. The first-order valence-electron chi connectivity index (χ1n) is 18.1. The van der Waals surface area contributed by atoms with E-state index >= 15 is 0 Å². The van der Waals surface area contributed by atoms with Crippen molar-refractivity contribution in [1.82, 2.24) is 20.6 Å². The summed E-state index contributed by atoms with van der Waals surface area (Å²) in [6.45, 7) is 8.72. The summed E-state index contributed by atoms with van der Waals surface area (Å²) in [6.07, 6.45) is -0.148. The fraction of sp³-hybridized carbons (Fsp3) is 0.381. The molecule has 0 saturated carbocycles. The normalized spacial score (nSPS) is 14.6.